The lowest BCUT2D eigenvalue weighted by Crippen LogP contribution is -2.04. The van der Waals surface area contributed by atoms with Gasteiger partial charge in [-0.05, 0) is 37.0 Å². The minimum atomic E-state index is 0.636. The van der Waals surface area contributed by atoms with Crippen LogP contribution >= 0.6 is 0 Å². The number of hydrogen-bond acceptors (Lipinski definition) is 0. The topological polar surface area (TPSA) is 0 Å². The molecule has 1 aliphatic rings. The van der Waals surface area contributed by atoms with E-state index in [1.165, 1.54) is 19.3 Å². The Kier molecular flexibility index (Phi) is 1.83. The summed E-state index contributed by atoms with van der Waals surface area (Å²) in [5.74, 6) is 0.917. The molecular formula is C9H17. The van der Waals surface area contributed by atoms with E-state index in [1.54, 1.807) is 0 Å². The lowest BCUT2D eigenvalue weighted by atomic mass is 9.90. The maximum Gasteiger partial charge on any atom is -0.0351 e. The average Bonchev–Trinajstić information content (AvgIpc) is 2.10. The molecule has 1 atom stereocenters. The molecule has 0 nitrogen and oxygen atoms in total. The summed E-state index contributed by atoms with van der Waals surface area (Å²) in [6.07, 6.45) is 6.60. The van der Waals surface area contributed by atoms with Crippen molar-refractivity contribution in [1.29, 1.82) is 0 Å². The predicted molar refractivity (Wildman–Crippen MR) is 41.1 cm³/mol. The second-order valence-corrected chi connectivity index (χ2v) is 4.00. The monoisotopic (exact) mass is 125 g/mol. The Morgan fingerprint density at radius 2 is 2.11 bits per heavy atom. The Bertz CT molecular complexity index is 92.2. The van der Waals surface area contributed by atoms with Crippen LogP contribution in [0.15, 0.2) is 0 Å². The molecule has 0 spiro atoms. The molecule has 1 radical (unpaired) electrons. The summed E-state index contributed by atoms with van der Waals surface area (Å²) < 4.78 is 0. The molecular weight excluding hydrogens is 108 g/mol. The molecule has 0 aromatic carbocycles. The van der Waals surface area contributed by atoms with Gasteiger partial charge in [-0.2, -0.15) is 0 Å². The van der Waals surface area contributed by atoms with Crippen molar-refractivity contribution in [3.05, 3.63) is 6.42 Å². The highest BCUT2D eigenvalue weighted by molar-refractivity contribution is 4.87. The van der Waals surface area contributed by atoms with E-state index in [0.717, 1.165) is 5.92 Å². The van der Waals surface area contributed by atoms with Crippen molar-refractivity contribution in [2.24, 2.45) is 11.3 Å². The molecule has 1 aliphatic carbocycles. The molecule has 0 bridgehead atoms. The summed E-state index contributed by atoms with van der Waals surface area (Å²) in [6.45, 7) is 6.93. The maximum atomic E-state index is 2.37. The fraction of sp³-hybridized carbons (Fsp3) is 0.889. The molecule has 1 fully saturated rings. The van der Waals surface area contributed by atoms with Gasteiger partial charge in [0, 0.05) is 0 Å². The smallest absolute Gasteiger partial charge is 0.0351 e. The van der Waals surface area contributed by atoms with E-state index >= 15 is 0 Å². The van der Waals surface area contributed by atoms with Gasteiger partial charge >= 0.3 is 0 Å². The molecule has 0 heterocycles. The molecule has 0 amide bonds. The normalized spacial score (nSPS) is 33.0. The molecule has 1 rings (SSSR count). The highest BCUT2D eigenvalue weighted by Crippen LogP contribution is 2.41. The molecule has 9 heavy (non-hydrogen) atoms. The van der Waals surface area contributed by atoms with Crippen LogP contribution in [0.2, 0.25) is 0 Å². The van der Waals surface area contributed by atoms with Gasteiger partial charge in [0.1, 0.15) is 0 Å². The SMILES string of the molecule is C[CH]C1CCC(C)(C)C1. The van der Waals surface area contributed by atoms with Crippen molar-refractivity contribution in [2.45, 2.75) is 40.0 Å². The standard InChI is InChI=1S/C9H17/c1-4-8-5-6-9(2,3)7-8/h4,8H,5-7H2,1-3H3. The minimum absolute atomic E-state index is 0.636. The first-order valence-corrected chi connectivity index (χ1v) is 3.93. The molecule has 0 N–H and O–H groups in total. The Morgan fingerprint density at radius 1 is 1.44 bits per heavy atom. The van der Waals surface area contributed by atoms with Crippen LogP contribution in [0.1, 0.15) is 40.0 Å². The van der Waals surface area contributed by atoms with Crippen LogP contribution in [0.4, 0.5) is 0 Å². The van der Waals surface area contributed by atoms with E-state index < -0.39 is 0 Å². The first kappa shape index (κ1) is 7.11. The first-order chi connectivity index (χ1) is 4.14. The lowest BCUT2D eigenvalue weighted by molar-refractivity contribution is 0.369. The molecule has 0 aromatic rings. The van der Waals surface area contributed by atoms with Gasteiger partial charge in [-0.25, -0.2) is 0 Å². The summed E-state index contributed by atoms with van der Waals surface area (Å²) in [5.41, 5.74) is 0.636. The van der Waals surface area contributed by atoms with Crippen molar-refractivity contribution >= 4 is 0 Å². The summed E-state index contributed by atoms with van der Waals surface area (Å²) in [7, 11) is 0. The number of hydrogen-bond donors (Lipinski definition) is 0. The average molecular weight is 125 g/mol. The Labute approximate surface area is 58.7 Å². The van der Waals surface area contributed by atoms with Crippen molar-refractivity contribution in [3.63, 3.8) is 0 Å². The highest BCUT2D eigenvalue weighted by Gasteiger charge is 2.29. The maximum absolute atomic E-state index is 2.37. The zero-order valence-corrected chi connectivity index (χ0v) is 6.78. The highest BCUT2D eigenvalue weighted by atomic mass is 14.3. The van der Waals surface area contributed by atoms with E-state index in [0.29, 0.717) is 5.41 Å². The predicted octanol–water partition coefficient (Wildman–Crippen LogP) is 3.04. The van der Waals surface area contributed by atoms with Gasteiger partial charge in [0.2, 0.25) is 0 Å². The Morgan fingerprint density at radius 3 is 2.33 bits per heavy atom. The van der Waals surface area contributed by atoms with E-state index in [4.69, 9.17) is 0 Å². The fourth-order valence-corrected chi connectivity index (χ4v) is 1.77. The summed E-state index contributed by atoms with van der Waals surface area (Å²) in [5, 5.41) is 0. The van der Waals surface area contributed by atoms with Crippen LogP contribution in [0.5, 0.6) is 0 Å². The quantitative estimate of drug-likeness (QED) is 0.505. The van der Waals surface area contributed by atoms with Crippen molar-refractivity contribution in [1.82, 2.24) is 0 Å². The molecule has 0 saturated heterocycles. The Hall–Kier alpha value is 0. The van der Waals surface area contributed by atoms with E-state index in [9.17, 15) is 0 Å². The van der Waals surface area contributed by atoms with Crippen LogP contribution < -0.4 is 0 Å². The van der Waals surface area contributed by atoms with Crippen LogP contribution in [0, 0.1) is 17.8 Å². The molecule has 0 heteroatoms. The largest absolute Gasteiger partial charge is 0.0620 e. The van der Waals surface area contributed by atoms with Gasteiger partial charge in [0.15, 0.2) is 0 Å². The van der Waals surface area contributed by atoms with Crippen molar-refractivity contribution < 1.29 is 0 Å². The molecule has 0 aromatic heterocycles. The first-order valence-electron chi connectivity index (χ1n) is 3.93. The molecule has 1 unspecified atom stereocenters. The molecule has 53 valence electrons. The molecule has 0 aliphatic heterocycles. The van der Waals surface area contributed by atoms with Gasteiger partial charge in [0.25, 0.3) is 0 Å². The van der Waals surface area contributed by atoms with E-state index in [-0.39, 0.29) is 0 Å². The molecule has 1 saturated carbocycles. The summed E-state index contributed by atoms with van der Waals surface area (Å²) >= 11 is 0. The zero-order valence-electron chi connectivity index (χ0n) is 6.78. The van der Waals surface area contributed by atoms with E-state index in [2.05, 4.69) is 27.2 Å². The summed E-state index contributed by atoms with van der Waals surface area (Å²) in [4.78, 5) is 0. The van der Waals surface area contributed by atoms with Gasteiger partial charge in [-0.15, -0.1) is 0 Å². The zero-order chi connectivity index (χ0) is 6.91. The van der Waals surface area contributed by atoms with Crippen LogP contribution in [-0.4, -0.2) is 0 Å². The van der Waals surface area contributed by atoms with Crippen LogP contribution in [0.25, 0.3) is 0 Å². The van der Waals surface area contributed by atoms with Crippen LogP contribution in [0.3, 0.4) is 0 Å². The van der Waals surface area contributed by atoms with Crippen molar-refractivity contribution in [3.8, 4) is 0 Å². The van der Waals surface area contributed by atoms with Gasteiger partial charge in [0.05, 0.1) is 0 Å². The van der Waals surface area contributed by atoms with Crippen molar-refractivity contribution in [2.75, 3.05) is 0 Å². The van der Waals surface area contributed by atoms with E-state index in [1.807, 2.05) is 0 Å². The second kappa shape index (κ2) is 2.32. The minimum Gasteiger partial charge on any atom is -0.0620 e. The number of rotatable bonds is 1. The lowest BCUT2D eigenvalue weighted by Gasteiger charge is -2.15. The fourth-order valence-electron chi connectivity index (χ4n) is 1.77. The van der Waals surface area contributed by atoms with Gasteiger partial charge < -0.3 is 0 Å². The van der Waals surface area contributed by atoms with Gasteiger partial charge in [-0.3, -0.25) is 0 Å². The second-order valence-electron chi connectivity index (χ2n) is 4.00. The third kappa shape index (κ3) is 1.70. The van der Waals surface area contributed by atoms with Gasteiger partial charge in [-0.1, -0.05) is 20.8 Å². The summed E-state index contributed by atoms with van der Waals surface area (Å²) in [6, 6.07) is 0. The third-order valence-corrected chi connectivity index (χ3v) is 2.48. The third-order valence-electron chi connectivity index (χ3n) is 2.48. The Balaban J connectivity index is 2.38. The van der Waals surface area contributed by atoms with Crippen LogP contribution in [-0.2, 0) is 0 Å².